The van der Waals surface area contributed by atoms with Crippen molar-refractivity contribution in [3.05, 3.63) is 108 Å². The van der Waals surface area contributed by atoms with Crippen LogP contribution in [0.3, 0.4) is 0 Å². The molecule has 0 fully saturated rings. The summed E-state index contributed by atoms with van der Waals surface area (Å²) in [5.41, 5.74) is 4.10. The zero-order valence-corrected chi connectivity index (χ0v) is 19.8. The summed E-state index contributed by atoms with van der Waals surface area (Å²) in [5, 5.41) is 4.67. The molecule has 1 amide bonds. The molecule has 3 aromatic carbocycles. The maximum absolute atomic E-state index is 14.6. The second kappa shape index (κ2) is 10.4. The van der Waals surface area contributed by atoms with Crippen molar-refractivity contribution in [1.82, 2.24) is 19.6 Å². The van der Waals surface area contributed by atoms with E-state index < -0.39 is 0 Å². The van der Waals surface area contributed by atoms with Gasteiger partial charge in [-0.25, -0.2) is 9.07 Å². The fraction of sp³-hybridized carbons (Fsp3) is 0.214. The molecule has 5 nitrogen and oxygen atoms in total. The molecule has 0 unspecified atom stereocenters. The van der Waals surface area contributed by atoms with Crippen molar-refractivity contribution in [1.29, 1.82) is 0 Å². The molecule has 0 saturated heterocycles. The van der Waals surface area contributed by atoms with Crippen LogP contribution in [-0.2, 0) is 6.54 Å². The van der Waals surface area contributed by atoms with Crippen molar-refractivity contribution in [2.75, 3.05) is 27.2 Å². The summed E-state index contributed by atoms with van der Waals surface area (Å²) in [6.45, 7) is 3.75. The van der Waals surface area contributed by atoms with Crippen LogP contribution in [0, 0.1) is 12.7 Å². The third-order valence-electron chi connectivity index (χ3n) is 5.68. The Bertz CT molecular complexity index is 1250. The first-order valence-electron chi connectivity index (χ1n) is 11.3. The van der Waals surface area contributed by atoms with E-state index in [1.165, 1.54) is 6.07 Å². The lowest BCUT2D eigenvalue weighted by molar-refractivity contribution is 0.0722. The van der Waals surface area contributed by atoms with Crippen molar-refractivity contribution in [3.63, 3.8) is 0 Å². The fourth-order valence-corrected chi connectivity index (χ4v) is 3.76. The number of amides is 1. The summed E-state index contributed by atoms with van der Waals surface area (Å²) >= 11 is 0. The number of benzene rings is 3. The molecule has 0 N–H and O–H groups in total. The highest BCUT2D eigenvalue weighted by molar-refractivity contribution is 5.94. The summed E-state index contributed by atoms with van der Waals surface area (Å²) in [5.74, 6) is -0.523. The Kier molecular flexibility index (Phi) is 7.18. The van der Waals surface area contributed by atoms with E-state index in [-0.39, 0.29) is 11.7 Å². The molecule has 0 aliphatic heterocycles. The van der Waals surface area contributed by atoms with Crippen LogP contribution >= 0.6 is 0 Å². The molecule has 0 aliphatic carbocycles. The molecule has 0 bridgehead atoms. The highest BCUT2D eigenvalue weighted by Crippen LogP contribution is 2.25. The van der Waals surface area contributed by atoms with Gasteiger partial charge < -0.3 is 9.80 Å². The Labute approximate surface area is 200 Å². The van der Waals surface area contributed by atoms with E-state index in [1.807, 2.05) is 85.4 Å². The molecule has 0 spiro atoms. The zero-order chi connectivity index (χ0) is 24.1. The van der Waals surface area contributed by atoms with Gasteiger partial charge in [0, 0.05) is 25.2 Å². The van der Waals surface area contributed by atoms with E-state index in [1.54, 1.807) is 28.9 Å². The maximum atomic E-state index is 14.6. The van der Waals surface area contributed by atoms with Crippen LogP contribution in [-0.4, -0.2) is 52.7 Å². The molecule has 0 atom stereocenters. The molecular formula is C28H29FN4O. The Morgan fingerprint density at radius 3 is 2.26 bits per heavy atom. The second-order valence-corrected chi connectivity index (χ2v) is 8.66. The fourth-order valence-electron chi connectivity index (χ4n) is 3.76. The molecule has 34 heavy (non-hydrogen) atoms. The van der Waals surface area contributed by atoms with Crippen molar-refractivity contribution in [3.8, 4) is 16.9 Å². The third-order valence-corrected chi connectivity index (χ3v) is 5.68. The molecule has 0 aliphatic rings. The van der Waals surface area contributed by atoms with E-state index >= 15 is 0 Å². The largest absolute Gasteiger partial charge is 0.332 e. The minimum atomic E-state index is -0.371. The predicted molar refractivity (Wildman–Crippen MR) is 133 cm³/mol. The van der Waals surface area contributed by atoms with Gasteiger partial charge in [0.1, 0.15) is 11.5 Å². The zero-order valence-electron chi connectivity index (χ0n) is 19.8. The number of carbonyl (C=O) groups is 1. The molecule has 174 valence electrons. The van der Waals surface area contributed by atoms with E-state index in [0.29, 0.717) is 30.0 Å². The van der Waals surface area contributed by atoms with Crippen molar-refractivity contribution in [2.24, 2.45) is 0 Å². The monoisotopic (exact) mass is 456 g/mol. The molecule has 0 saturated carbocycles. The second-order valence-electron chi connectivity index (χ2n) is 8.66. The number of hydrogen-bond donors (Lipinski definition) is 0. The van der Waals surface area contributed by atoms with Gasteiger partial charge in [-0.1, -0.05) is 60.2 Å². The Balaban J connectivity index is 1.78. The normalized spacial score (nSPS) is 11.1. The van der Waals surface area contributed by atoms with Gasteiger partial charge in [-0.3, -0.25) is 4.79 Å². The molecule has 1 aromatic heterocycles. The highest BCUT2D eigenvalue weighted by Gasteiger charge is 2.24. The molecule has 4 aromatic rings. The van der Waals surface area contributed by atoms with Gasteiger partial charge in [0.05, 0.1) is 11.4 Å². The first-order valence-corrected chi connectivity index (χ1v) is 11.3. The Morgan fingerprint density at radius 2 is 1.59 bits per heavy atom. The van der Waals surface area contributed by atoms with Crippen LogP contribution in [0.15, 0.2) is 84.9 Å². The molecule has 1 heterocycles. The van der Waals surface area contributed by atoms with Gasteiger partial charge in [0.15, 0.2) is 0 Å². The topological polar surface area (TPSA) is 41.4 Å². The predicted octanol–water partition coefficient (Wildman–Crippen LogP) is 5.19. The number of nitrogens with zero attached hydrogens (tertiary/aromatic N) is 4. The maximum Gasteiger partial charge on any atom is 0.272 e. The minimum absolute atomic E-state index is 0.152. The summed E-state index contributed by atoms with van der Waals surface area (Å²) in [4.78, 5) is 17.8. The molecule has 6 heteroatoms. The smallest absolute Gasteiger partial charge is 0.272 e. The highest BCUT2D eigenvalue weighted by atomic mass is 19.1. The van der Waals surface area contributed by atoms with Crippen LogP contribution in [0.2, 0.25) is 0 Å². The number of likely N-dealkylation sites (N-methyl/N-ethyl adjacent to an activating group) is 1. The van der Waals surface area contributed by atoms with E-state index in [4.69, 9.17) is 0 Å². The van der Waals surface area contributed by atoms with Crippen molar-refractivity contribution < 1.29 is 9.18 Å². The van der Waals surface area contributed by atoms with Crippen LogP contribution in [0.4, 0.5) is 4.39 Å². The minimum Gasteiger partial charge on any atom is -0.332 e. The lowest BCUT2D eigenvalue weighted by Gasteiger charge is -2.25. The van der Waals surface area contributed by atoms with Crippen LogP contribution in [0.5, 0.6) is 0 Å². The Morgan fingerprint density at radius 1 is 0.912 bits per heavy atom. The molecular weight excluding hydrogens is 427 g/mol. The summed E-state index contributed by atoms with van der Waals surface area (Å²) in [6.07, 6.45) is 0. The summed E-state index contributed by atoms with van der Waals surface area (Å²) in [6, 6.07) is 25.9. The number of rotatable bonds is 8. The van der Waals surface area contributed by atoms with Crippen LogP contribution < -0.4 is 0 Å². The van der Waals surface area contributed by atoms with Crippen molar-refractivity contribution >= 4 is 5.91 Å². The van der Waals surface area contributed by atoms with E-state index in [0.717, 1.165) is 23.4 Å². The van der Waals surface area contributed by atoms with E-state index in [9.17, 15) is 9.18 Å². The Hall–Kier alpha value is -3.77. The van der Waals surface area contributed by atoms with Gasteiger partial charge in [-0.05, 0) is 56.9 Å². The lowest BCUT2D eigenvalue weighted by Crippen LogP contribution is -2.37. The average Bonchev–Trinajstić information content (AvgIpc) is 3.28. The number of aryl methyl sites for hydroxylation is 1. The van der Waals surface area contributed by atoms with Crippen molar-refractivity contribution in [2.45, 2.75) is 13.5 Å². The number of halogens is 1. The first kappa shape index (κ1) is 23.4. The SMILES string of the molecule is Cc1ccc(-n2nc(-c3ccccc3F)cc2C(=O)N(CCN(C)C)Cc2ccccc2)cc1. The first-order chi connectivity index (χ1) is 16.4. The average molecular weight is 457 g/mol. The quantitative estimate of drug-likeness (QED) is 0.366. The summed E-state index contributed by atoms with van der Waals surface area (Å²) in [7, 11) is 3.97. The molecule has 0 radical (unpaired) electrons. The number of carbonyl (C=O) groups excluding carboxylic acids is 1. The number of hydrogen-bond acceptors (Lipinski definition) is 3. The van der Waals surface area contributed by atoms with Gasteiger partial charge >= 0.3 is 0 Å². The van der Waals surface area contributed by atoms with Gasteiger partial charge in [0.2, 0.25) is 0 Å². The van der Waals surface area contributed by atoms with Crippen LogP contribution in [0.25, 0.3) is 16.9 Å². The van der Waals surface area contributed by atoms with E-state index in [2.05, 4.69) is 5.10 Å². The van der Waals surface area contributed by atoms with Gasteiger partial charge in [-0.15, -0.1) is 0 Å². The third kappa shape index (κ3) is 5.41. The molecule has 4 rings (SSSR count). The summed E-state index contributed by atoms with van der Waals surface area (Å²) < 4.78 is 16.2. The standard InChI is InChI=1S/C28H29FN4O/c1-21-13-15-23(16-14-21)33-27(19-26(30-33)24-11-7-8-12-25(24)29)28(34)32(18-17-31(2)3)20-22-9-5-4-6-10-22/h4-16,19H,17-18,20H2,1-3H3. The van der Waals surface area contributed by atoms with Gasteiger partial charge in [0.25, 0.3) is 5.91 Å². The number of aromatic nitrogens is 2. The van der Waals surface area contributed by atoms with Crippen LogP contribution in [0.1, 0.15) is 21.6 Å². The lowest BCUT2D eigenvalue weighted by atomic mass is 10.1. The van der Waals surface area contributed by atoms with Gasteiger partial charge in [-0.2, -0.15) is 5.10 Å².